The van der Waals surface area contributed by atoms with Gasteiger partial charge in [-0.25, -0.2) is 0 Å². The SMILES string of the molecule is CC(C)(C)NCc1nnc(CC2CCCO2)s1. The highest BCUT2D eigenvalue weighted by Crippen LogP contribution is 2.19. The predicted octanol–water partition coefficient (Wildman–Crippen LogP) is 2.15. The maximum atomic E-state index is 5.60. The lowest BCUT2D eigenvalue weighted by molar-refractivity contribution is 0.111. The van der Waals surface area contributed by atoms with Gasteiger partial charge < -0.3 is 10.1 Å². The van der Waals surface area contributed by atoms with E-state index in [0.717, 1.165) is 36.0 Å². The molecule has 17 heavy (non-hydrogen) atoms. The minimum Gasteiger partial charge on any atom is -0.378 e. The standard InChI is InChI=1S/C12H21N3OS/c1-12(2,3)13-8-11-15-14-10(17-11)7-9-5-4-6-16-9/h9,13H,4-8H2,1-3H3. The van der Waals surface area contributed by atoms with Gasteiger partial charge in [-0.05, 0) is 33.6 Å². The van der Waals surface area contributed by atoms with Gasteiger partial charge in [-0.15, -0.1) is 21.5 Å². The third-order valence-corrected chi connectivity index (χ3v) is 3.65. The van der Waals surface area contributed by atoms with Crippen LogP contribution in [0.2, 0.25) is 0 Å². The average Bonchev–Trinajstić information content (AvgIpc) is 2.86. The van der Waals surface area contributed by atoms with Crippen LogP contribution in [0.5, 0.6) is 0 Å². The first-order valence-electron chi connectivity index (χ1n) is 6.21. The largest absolute Gasteiger partial charge is 0.378 e. The van der Waals surface area contributed by atoms with E-state index >= 15 is 0 Å². The summed E-state index contributed by atoms with van der Waals surface area (Å²) in [5, 5.41) is 14.0. The zero-order chi connectivity index (χ0) is 12.3. The Kier molecular flexibility index (Phi) is 4.12. The Morgan fingerprint density at radius 3 is 2.76 bits per heavy atom. The van der Waals surface area contributed by atoms with Gasteiger partial charge in [-0.2, -0.15) is 0 Å². The van der Waals surface area contributed by atoms with E-state index in [4.69, 9.17) is 4.74 Å². The maximum absolute atomic E-state index is 5.60. The zero-order valence-electron chi connectivity index (χ0n) is 10.8. The van der Waals surface area contributed by atoms with Gasteiger partial charge in [0.2, 0.25) is 0 Å². The summed E-state index contributed by atoms with van der Waals surface area (Å²) < 4.78 is 5.60. The number of hydrogen-bond acceptors (Lipinski definition) is 5. The molecule has 1 aliphatic heterocycles. The molecule has 0 amide bonds. The Balaban J connectivity index is 1.83. The molecule has 0 spiro atoms. The summed E-state index contributed by atoms with van der Waals surface area (Å²) in [6.07, 6.45) is 3.64. The summed E-state index contributed by atoms with van der Waals surface area (Å²) in [6.45, 7) is 8.17. The van der Waals surface area contributed by atoms with E-state index in [1.807, 2.05) is 0 Å². The van der Waals surface area contributed by atoms with Crippen molar-refractivity contribution in [2.24, 2.45) is 0 Å². The number of aromatic nitrogens is 2. The normalized spacial score (nSPS) is 21.0. The highest BCUT2D eigenvalue weighted by molar-refractivity contribution is 7.11. The first-order valence-corrected chi connectivity index (χ1v) is 7.02. The molecule has 2 heterocycles. The second kappa shape index (κ2) is 5.42. The molecule has 2 rings (SSSR count). The second-order valence-electron chi connectivity index (χ2n) is 5.53. The summed E-state index contributed by atoms with van der Waals surface area (Å²) in [5.74, 6) is 0. The number of hydrogen-bond donors (Lipinski definition) is 1. The number of rotatable bonds is 4. The third kappa shape index (κ3) is 4.33. The fourth-order valence-corrected chi connectivity index (χ4v) is 2.63. The third-order valence-electron chi connectivity index (χ3n) is 2.70. The lowest BCUT2D eigenvalue weighted by Crippen LogP contribution is -2.35. The molecule has 96 valence electrons. The second-order valence-corrected chi connectivity index (χ2v) is 6.68. The molecule has 4 nitrogen and oxygen atoms in total. The number of nitrogens with one attached hydrogen (secondary N) is 1. The maximum Gasteiger partial charge on any atom is 0.131 e. The molecule has 1 saturated heterocycles. The Labute approximate surface area is 107 Å². The summed E-state index contributed by atoms with van der Waals surface area (Å²) in [7, 11) is 0. The van der Waals surface area contributed by atoms with Gasteiger partial charge in [0.15, 0.2) is 0 Å². The van der Waals surface area contributed by atoms with Crippen molar-refractivity contribution in [2.45, 2.75) is 58.2 Å². The van der Waals surface area contributed by atoms with Crippen molar-refractivity contribution in [3.63, 3.8) is 0 Å². The Hall–Kier alpha value is -0.520. The van der Waals surface area contributed by atoms with Crippen LogP contribution in [0, 0.1) is 0 Å². The van der Waals surface area contributed by atoms with Crippen LogP contribution < -0.4 is 5.32 Å². The van der Waals surface area contributed by atoms with Gasteiger partial charge >= 0.3 is 0 Å². The van der Waals surface area contributed by atoms with E-state index < -0.39 is 0 Å². The van der Waals surface area contributed by atoms with E-state index in [-0.39, 0.29) is 5.54 Å². The van der Waals surface area contributed by atoms with Gasteiger partial charge in [0, 0.05) is 18.6 Å². The van der Waals surface area contributed by atoms with Crippen LogP contribution in [-0.2, 0) is 17.7 Å². The van der Waals surface area contributed by atoms with Crippen LogP contribution in [0.1, 0.15) is 43.6 Å². The fourth-order valence-electron chi connectivity index (χ4n) is 1.78. The summed E-state index contributed by atoms with van der Waals surface area (Å²) >= 11 is 1.70. The first-order chi connectivity index (χ1) is 8.03. The van der Waals surface area contributed by atoms with Crippen LogP contribution in [0.25, 0.3) is 0 Å². The average molecular weight is 255 g/mol. The molecule has 1 atom stereocenters. The highest BCUT2D eigenvalue weighted by Gasteiger charge is 2.18. The van der Waals surface area contributed by atoms with Crippen molar-refractivity contribution in [3.8, 4) is 0 Å². The summed E-state index contributed by atoms with van der Waals surface area (Å²) in [4.78, 5) is 0. The van der Waals surface area contributed by atoms with Gasteiger partial charge in [0.05, 0.1) is 12.6 Å². The van der Waals surface area contributed by atoms with Crippen molar-refractivity contribution in [3.05, 3.63) is 10.0 Å². The predicted molar refractivity (Wildman–Crippen MR) is 69.2 cm³/mol. The fraction of sp³-hybridized carbons (Fsp3) is 0.833. The molecule has 1 aliphatic rings. The Bertz CT molecular complexity index is 353. The smallest absolute Gasteiger partial charge is 0.131 e. The molecular formula is C12H21N3OS. The van der Waals surface area contributed by atoms with E-state index in [0.29, 0.717) is 6.10 Å². The molecule has 1 fully saturated rings. The molecular weight excluding hydrogens is 234 g/mol. The summed E-state index contributed by atoms with van der Waals surface area (Å²) in [6, 6.07) is 0. The van der Waals surface area contributed by atoms with E-state index in [1.165, 1.54) is 6.42 Å². The van der Waals surface area contributed by atoms with Crippen LogP contribution >= 0.6 is 11.3 Å². The molecule has 1 aromatic rings. The van der Waals surface area contributed by atoms with E-state index in [9.17, 15) is 0 Å². The molecule has 5 heteroatoms. The van der Waals surface area contributed by atoms with Crippen molar-refractivity contribution in [2.75, 3.05) is 6.61 Å². The minimum absolute atomic E-state index is 0.125. The van der Waals surface area contributed by atoms with Crippen molar-refractivity contribution < 1.29 is 4.74 Å². The summed E-state index contributed by atoms with van der Waals surface area (Å²) in [5.41, 5.74) is 0.125. The zero-order valence-corrected chi connectivity index (χ0v) is 11.6. The topological polar surface area (TPSA) is 47.0 Å². The first kappa shape index (κ1) is 12.9. The van der Waals surface area contributed by atoms with E-state index in [1.54, 1.807) is 11.3 Å². The molecule has 0 aromatic carbocycles. The lowest BCUT2D eigenvalue weighted by Gasteiger charge is -2.19. The number of ether oxygens (including phenoxy) is 1. The molecule has 1 N–H and O–H groups in total. The highest BCUT2D eigenvalue weighted by atomic mass is 32.1. The van der Waals surface area contributed by atoms with Gasteiger partial charge in [-0.3, -0.25) is 0 Å². The molecule has 0 aliphatic carbocycles. The quantitative estimate of drug-likeness (QED) is 0.895. The van der Waals surface area contributed by atoms with Crippen LogP contribution in [0.15, 0.2) is 0 Å². The van der Waals surface area contributed by atoms with Crippen molar-refractivity contribution >= 4 is 11.3 Å². The molecule has 1 unspecified atom stereocenters. The van der Waals surface area contributed by atoms with Gasteiger partial charge in [-0.1, -0.05) is 0 Å². The lowest BCUT2D eigenvalue weighted by atomic mass is 10.1. The van der Waals surface area contributed by atoms with Gasteiger partial charge in [0.1, 0.15) is 10.0 Å². The molecule has 0 saturated carbocycles. The number of nitrogens with zero attached hydrogens (tertiary/aromatic N) is 2. The molecule has 0 bridgehead atoms. The van der Waals surface area contributed by atoms with Crippen LogP contribution in [0.4, 0.5) is 0 Å². The molecule has 0 radical (unpaired) electrons. The van der Waals surface area contributed by atoms with Crippen molar-refractivity contribution in [1.29, 1.82) is 0 Å². The van der Waals surface area contributed by atoms with Crippen LogP contribution in [-0.4, -0.2) is 28.4 Å². The monoisotopic (exact) mass is 255 g/mol. The molecule has 1 aromatic heterocycles. The Morgan fingerprint density at radius 1 is 1.35 bits per heavy atom. The van der Waals surface area contributed by atoms with Crippen LogP contribution in [0.3, 0.4) is 0 Å². The Morgan fingerprint density at radius 2 is 2.12 bits per heavy atom. The minimum atomic E-state index is 0.125. The van der Waals surface area contributed by atoms with E-state index in [2.05, 4.69) is 36.3 Å². The van der Waals surface area contributed by atoms with Gasteiger partial charge in [0.25, 0.3) is 0 Å². The van der Waals surface area contributed by atoms with Crippen molar-refractivity contribution in [1.82, 2.24) is 15.5 Å².